The van der Waals surface area contributed by atoms with Crippen molar-refractivity contribution in [2.75, 3.05) is 13.2 Å². The number of carbonyl (C=O) groups excluding carboxylic acids is 1. The number of carbonyl (C=O) groups is 1. The molecule has 0 aromatic rings. The Labute approximate surface area is 90.9 Å². The topological polar surface area (TPSA) is 44.8 Å². The second-order valence-electron chi connectivity index (χ2n) is 4.65. The molecule has 0 aromatic carbocycles. The van der Waals surface area contributed by atoms with Gasteiger partial charge < -0.3 is 14.2 Å². The Kier molecular flexibility index (Phi) is 3.73. The molecule has 0 bridgehead atoms. The average molecular weight is 216 g/mol. The predicted octanol–water partition coefficient (Wildman–Crippen LogP) is 1.87. The molecule has 1 heterocycles. The van der Waals surface area contributed by atoms with Crippen LogP contribution in [-0.2, 0) is 19.0 Å². The first kappa shape index (κ1) is 12.5. The molecule has 1 rings (SSSR count). The summed E-state index contributed by atoms with van der Waals surface area (Å²) in [5.41, 5.74) is -0.507. The molecule has 0 saturated carbocycles. The van der Waals surface area contributed by atoms with Gasteiger partial charge in [-0.2, -0.15) is 0 Å². The maximum absolute atomic E-state index is 11.2. The Bertz CT molecular complexity index is 237. The van der Waals surface area contributed by atoms with E-state index < -0.39 is 11.4 Å². The zero-order valence-electron chi connectivity index (χ0n) is 9.96. The zero-order chi connectivity index (χ0) is 11.5. The molecule has 1 saturated heterocycles. The Morgan fingerprint density at radius 1 is 1.40 bits per heavy atom. The van der Waals surface area contributed by atoms with Crippen molar-refractivity contribution in [2.24, 2.45) is 0 Å². The van der Waals surface area contributed by atoms with Gasteiger partial charge in [-0.15, -0.1) is 0 Å². The summed E-state index contributed by atoms with van der Waals surface area (Å²) in [5, 5.41) is 0. The van der Waals surface area contributed by atoms with E-state index in [0.717, 1.165) is 6.42 Å². The number of rotatable bonds is 4. The van der Waals surface area contributed by atoms with Gasteiger partial charge in [0.05, 0.1) is 6.61 Å². The van der Waals surface area contributed by atoms with Crippen molar-refractivity contribution in [3.05, 3.63) is 0 Å². The minimum Gasteiger partial charge on any atom is -0.463 e. The van der Waals surface area contributed by atoms with Crippen LogP contribution in [0.4, 0.5) is 0 Å². The highest BCUT2D eigenvalue weighted by Crippen LogP contribution is 2.30. The van der Waals surface area contributed by atoms with E-state index in [2.05, 4.69) is 0 Å². The van der Waals surface area contributed by atoms with Crippen LogP contribution in [0, 0.1) is 0 Å². The highest BCUT2D eigenvalue weighted by atomic mass is 16.8. The largest absolute Gasteiger partial charge is 0.463 e. The van der Waals surface area contributed by atoms with Gasteiger partial charge in [0.1, 0.15) is 12.2 Å². The Hall–Kier alpha value is -0.610. The predicted molar refractivity (Wildman–Crippen MR) is 55.4 cm³/mol. The van der Waals surface area contributed by atoms with Crippen LogP contribution < -0.4 is 0 Å². The minimum absolute atomic E-state index is 0.174. The van der Waals surface area contributed by atoms with Crippen LogP contribution in [0.25, 0.3) is 0 Å². The monoisotopic (exact) mass is 216 g/mol. The molecular formula is C11H20O4. The van der Waals surface area contributed by atoms with E-state index in [1.165, 1.54) is 0 Å². The first-order valence-electron chi connectivity index (χ1n) is 5.37. The molecule has 15 heavy (non-hydrogen) atoms. The summed E-state index contributed by atoms with van der Waals surface area (Å²) < 4.78 is 16.2. The van der Waals surface area contributed by atoms with E-state index >= 15 is 0 Å². The Morgan fingerprint density at radius 3 is 2.53 bits per heavy atom. The lowest BCUT2D eigenvalue weighted by atomic mass is 10.1. The first-order valence-corrected chi connectivity index (χ1v) is 5.37. The quantitative estimate of drug-likeness (QED) is 0.673. The maximum atomic E-state index is 11.2. The summed E-state index contributed by atoms with van der Waals surface area (Å²) in [5.74, 6) is -0.752. The van der Waals surface area contributed by atoms with Gasteiger partial charge in [0.25, 0.3) is 0 Å². The third kappa shape index (κ3) is 3.80. The molecule has 0 radical (unpaired) electrons. The molecule has 4 heteroatoms. The average Bonchev–Trinajstić information content (AvgIpc) is 2.39. The normalized spacial score (nSPS) is 29.1. The first-order chi connectivity index (χ1) is 6.87. The molecular weight excluding hydrogens is 196 g/mol. The summed E-state index contributed by atoms with van der Waals surface area (Å²) in [6.45, 7) is 8.26. The molecule has 0 N–H and O–H groups in total. The van der Waals surface area contributed by atoms with Gasteiger partial charge in [0, 0.05) is 6.42 Å². The summed E-state index contributed by atoms with van der Waals surface area (Å²) in [4.78, 5) is 11.2. The van der Waals surface area contributed by atoms with Crippen LogP contribution in [0.3, 0.4) is 0 Å². The van der Waals surface area contributed by atoms with Crippen molar-refractivity contribution in [3.63, 3.8) is 0 Å². The number of hydrogen-bond donors (Lipinski definition) is 0. The molecule has 0 aromatic heterocycles. The highest BCUT2D eigenvalue weighted by Gasteiger charge is 2.42. The van der Waals surface area contributed by atoms with Crippen LogP contribution in [0.15, 0.2) is 0 Å². The molecule has 0 spiro atoms. The van der Waals surface area contributed by atoms with E-state index in [-0.39, 0.29) is 12.6 Å². The molecule has 0 amide bonds. The van der Waals surface area contributed by atoms with E-state index in [4.69, 9.17) is 14.2 Å². The van der Waals surface area contributed by atoms with Gasteiger partial charge >= 0.3 is 5.97 Å². The van der Waals surface area contributed by atoms with Gasteiger partial charge in [-0.05, 0) is 27.2 Å². The standard InChI is InChI=1S/C11H20O4/c1-5-6-9(12)13-7-11(4)8-14-10(2,3)15-11/h5-8H2,1-4H3/t11-/m1/s1. The zero-order valence-corrected chi connectivity index (χ0v) is 9.96. The van der Waals surface area contributed by atoms with Crippen molar-refractivity contribution < 1.29 is 19.0 Å². The lowest BCUT2D eigenvalue weighted by molar-refractivity contribution is -0.175. The summed E-state index contributed by atoms with van der Waals surface area (Å²) in [6, 6.07) is 0. The third-order valence-electron chi connectivity index (χ3n) is 2.21. The van der Waals surface area contributed by atoms with E-state index in [1.807, 2.05) is 27.7 Å². The summed E-state index contributed by atoms with van der Waals surface area (Å²) >= 11 is 0. The van der Waals surface area contributed by atoms with Crippen molar-refractivity contribution >= 4 is 5.97 Å². The number of esters is 1. The van der Waals surface area contributed by atoms with Crippen LogP contribution in [0.5, 0.6) is 0 Å². The van der Waals surface area contributed by atoms with E-state index in [9.17, 15) is 4.79 Å². The lowest BCUT2D eigenvalue weighted by Crippen LogP contribution is -2.36. The van der Waals surface area contributed by atoms with Gasteiger partial charge in [0.15, 0.2) is 5.79 Å². The second-order valence-corrected chi connectivity index (χ2v) is 4.65. The highest BCUT2D eigenvalue weighted by molar-refractivity contribution is 5.69. The van der Waals surface area contributed by atoms with Crippen molar-refractivity contribution in [2.45, 2.75) is 51.9 Å². The molecule has 88 valence electrons. The van der Waals surface area contributed by atoms with Crippen LogP contribution in [-0.4, -0.2) is 30.6 Å². The van der Waals surface area contributed by atoms with Crippen molar-refractivity contribution in [1.82, 2.24) is 0 Å². The minimum atomic E-state index is -0.577. The van der Waals surface area contributed by atoms with Gasteiger partial charge in [0.2, 0.25) is 0 Å². The second kappa shape index (κ2) is 4.49. The van der Waals surface area contributed by atoms with Crippen molar-refractivity contribution in [3.8, 4) is 0 Å². The summed E-state index contributed by atoms with van der Waals surface area (Å²) in [6.07, 6.45) is 1.26. The van der Waals surface area contributed by atoms with Gasteiger partial charge in [-0.25, -0.2) is 0 Å². The fraction of sp³-hybridized carbons (Fsp3) is 0.909. The number of ether oxygens (including phenoxy) is 3. The fourth-order valence-corrected chi connectivity index (χ4v) is 1.56. The molecule has 0 unspecified atom stereocenters. The molecule has 1 aliphatic rings. The molecule has 0 aliphatic carbocycles. The molecule has 1 fully saturated rings. The molecule has 1 atom stereocenters. The Morgan fingerprint density at radius 2 is 2.07 bits per heavy atom. The van der Waals surface area contributed by atoms with Crippen LogP contribution in [0.1, 0.15) is 40.5 Å². The van der Waals surface area contributed by atoms with Gasteiger partial charge in [-0.1, -0.05) is 6.92 Å². The summed E-state index contributed by atoms with van der Waals surface area (Å²) in [7, 11) is 0. The van der Waals surface area contributed by atoms with Crippen LogP contribution in [0.2, 0.25) is 0 Å². The van der Waals surface area contributed by atoms with Crippen LogP contribution >= 0.6 is 0 Å². The smallest absolute Gasteiger partial charge is 0.305 e. The molecule has 1 aliphatic heterocycles. The fourth-order valence-electron chi connectivity index (χ4n) is 1.56. The third-order valence-corrected chi connectivity index (χ3v) is 2.21. The Balaban J connectivity index is 2.36. The number of hydrogen-bond acceptors (Lipinski definition) is 4. The SMILES string of the molecule is CCCC(=O)OC[C@]1(C)COC(C)(C)O1. The van der Waals surface area contributed by atoms with Gasteiger partial charge in [-0.3, -0.25) is 4.79 Å². The lowest BCUT2D eigenvalue weighted by Gasteiger charge is -2.24. The maximum Gasteiger partial charge on any atom is 0.305 e. The van der Waals surface area contributed by atoms with Crippen molar-refractivity contribution in [1.29, 1.82) is 0 Å². The molecule has 4 nitrogen and oxygen atoms in total. The van der Waals surface area contributed by atoms with E-state index in [1.54, 1.807) is 0 Å². The van der Waals surface area contributed by atoms with E-state index in [0.29, 0.717) is 13.0 Å².